The molecule has 4 N–H and O–H groups in total. The maximum absolute atomic E-state index is 13.2. The minimum Gasteiger partial charge on any atom is -0.382 e. The number of aryl methyl sites for hydroxylation is 1. The second-order valence-corrected chi connectivity index (χ2v) is 7.59. The third-order valence-corrected chi connectivity index (χ3v) is 5.41. The predicted octanol–water partition coefficient (Wildman–Crippen LogP) is 4.07. The first-order valence-corrected chi connectivity index (χ1v) is 10.8. The second-order valence-electron chi connectivity index (χ2n) is 7.59. The van der Waals surface area contributed by atoms with E-state index in [0.717, 1.165) is 25.3 Å². The van der Waals surface area contributed by atoms with Crippen molar-refractivity contribution in [3.63, 3.8) is 0 Å². The third-order valence-electron chi connectivity index (χ3n) is 5.41. The van der Waals surface area contributed by atoms with Gasteiger partial charge in [-0.3, -0.25) is 4.99 Å². The fourth-order valence-electron chi connectivity index (χ4n) is 3.71. The Kier molecular flexibility index (Phi) is 10.5. The molecule has 0 radical (unpaired) electrons. The molecule has 9 heteroatoms. The molecule has 1 aromatic heterocycles. The van der Waals surface area contributed by atoms with Crippen LogP contribution >= 0.6 is 24.0 Å². The van der Waals surface area contributed by atoms with Crippen molar-refractivity contribution in [3.05, 3.63) is 53.0 Å². The minimum atomic E-state index is -0.334. The molecular weight excluding hydrogens is 520 g/mol. The largest absolute Gasteiger partial charge is 0.382 e. The standard InChI is InChI=1S/C23H30FN7.HI/c1-27-23(29-15-13-17-6-3-2-4-7-17)28-14-5-8-21-20(16-25)22(26)31(30-21)19-11-9-18(24)10-12-19;/h6,9-12H,2-5,7-8,13-15,26H2,1H3,(H2,27,28,29);1H. The summed E-state index contributed by atoms with van der Waals surface area (Å²) in [4.78, 5) is 4.27. The predicted molar refractivity (Wildman–Crippen MR) is 137 cm³/mol. The summed E-state index contributed by atoms with van der Waals surface area (Å²) in [6.07, 6.45) is 9.79. The quantitative estimate of drug-likeness (QED) is 0.151. The second kappa shape index (κ2) is 13.1. The number of aromatic nitrogens is 2. The molecule has 1 heterocycles. The molecule has 172 valence electrons. The maximum Gasteiger partial charge on any atom is 0.190 e. The zero-order valence-electron chi connectivity index (χ0n) is 18.4. The van der Waals surface area contributed by atoms with Crippen LogP contribution in [0.4, 0.5) is 10.2 Å². The number of rotatable bonds is 8. The molecule has 0 amide bonds. The number of halogens is 2. The average Bonchev–Trinajstić information content (AvgIpc) is 3.11. The van der Waals surface area contributed by atoms with Crippen molar-refractivity contribution in [2.75, 3.05) is 25.9 Å². The number of anilines is 1. The molecule has 1 aliphatic rings. The molecule has 0 saturated heterocycles. The van der Waals surface area contributed by atoms with E-state index in [9.17, 15) is 9.65 Å². The Labute approximate surface area is 206 Å². The number of nitriles is 1. The van der Waals surface area contributed by atoms with Crippen LogP contribution in [0.5, 0.6) is 0 Å². The number of aliphatic imine (C=N–C) groups is 1. The van der Waals surface area contributed by atoms with E-state index in [1.807, 2.05) is 0 Å². The SMILES string of the molecule is CN=C(NCCCc1nn(-c2ccc(F)cc2)c(N)c1C#N)NCCC1=CCCCC1.I. The van der Waals surface area contributed by atoms with E-state index in [4.69, 9.17) is 5.73 Å². The molecule has 2 aromatic rings. The summed E-state index contributed by atoms with van der Waals surface area (Å²) in [6, 6.07) is 8.00. The first-order valence-electron chi connectivity index (χ1n) is 10.8. The molecule has 3 rings (SSSR count). The van der Waals surface area contributed by atoms with E-state index in [-0.39, 0.29) is 35.6 Å². The van der Waals surface area contributed by atoms with Crippen LogP contribution in [-0.2, 0) is 6.42 Å². The Bertz CT molecular complexity index is 973. The molecule has 1 aromatic carbocycles. The van der Waals surface area contributed by atoms with Gasteiger partial charge in [-0.1, -0.05) is 11.6 Å². The minimum absolute atomic E-state index is 0. The zero-order chi connectivity index (χ0) is 22.1. The molecule has 0 spiro atoms. The van der Waals surface area contributed by atoms with E-state index in [0.29, 0.717) is 29.9 Å². The van der Waals surface area contributed by atoms with Gasteiger partial charge in [-0.15, -0.1) is 24.0 Å². The van der Waals surface area contributed by atoms with Crippen molar-refractivity contribution in [1.82, 2.24) is 20.4 Å². The van der Waals surface area contributed by atoms with Gasteiger partial charge in [0.15, 0.2) is 5.96 Å². The molecule has 0 atom stereocenters. The summed E-state index contributed by atoms with van der Waals surface area (Å²) in [5, 5.41) is 20.6. The van der Waals surface area contributed by atoms with Gasteiger partial charge in [0, 0.05) is 20.1 Å². The Morgan fingerprint density at radius 2 is 1.97 bits per heavy atom. The van der Waals surface area contributed by atoms with E-state index in [1.54, 1.807) is 19.2 Å². The van der Waals surface area contributed by atoms with Gasteiger partial charge >= 0.3 is 0 Å². The van der Waals surface area contributed by atoms with Crippen molar-refractivity contribution in [2.24, 2.45) is 4.99 Å². The molecule has 0 bridgehead atoms. The summed E-state index contributed by atoms with van der Waals surface area (Å²) in [5.41, 5.74) is 9.27. The van der Waals surface area contributed by atoms with Crippen molar-refractivity contribution >= 4 is 35.8 Å². The highest BCUT2D eigenvalue weighted by atomic mass is 127. The number of nitrogens with two attached hydrogens (primary N) is 1. The third kappa shape index (κ3) is 6.95. The molecule has 32 heavy (non-hydrogen) atoms. The van der Waals surface area contributed by atoms with Gasteiger partial charge in [0.2, 0.25) is 0 Å². The molecule has 0 saturated carbocycles. The summed E-state index contributed by atoms with van der Waals surface area (Å²) in [5.74, 6) is 0.707. The summed E-state index contributed by atoms with van der Waals surface area (Å²) in [7, 11) is 1.76. The fourth-order valence-corrected chi connectivity index (χ4v) is 3.71. The van der Waals surface area contributed by atoms with Gasteiger partial charge in [0.05, 0.1) is 11.4 Å². The van der Waals surface area contributed by atoms with Crippen LogP contribution < -0.4 is 16.4 Å². The first kappa shape index (κ1) is 25.6. The molecule has 0 aliphatic heterocycles. The van der Waals surface area contributed by atoms with Crippen molar-refractivity contribution in [2.45, 2.75) is 44.9 Å². The van der Waals surface area contributed by atoms with E-state index >= 15 is 0 Å². The van der Waals surface area contributed by atoms with Crippen molar-refractivity contribution in [1.29, 1.82) is 5.26 Å². The topological polar surface area (TPSA) is 104 Å². The van der Waals surface area contributed by atoms with Gasteiger partial charge in [0.25, 0.3) is 0 Å². The van der Waals surface area contributed by atoms with Gasteiger partial charge in [-0.2, -0.15) is 10.4 Å². The van der Waals surface area contributed by atoms with E-state index in [2.05, 4.69) is 32.9 Å². The van der Waals surface area contributed by atoms with Crippen LogP contribution in [0.25, 0.3) is 5.69 Å². The number of allylic oxidation sites excluding steroid dienone is 1. The monoisotopic (exact) mass is 551 g/mol. The van der Waals surface area contributed by atoms with E-state index < -0.39 is 0 Å². The Hall–Kier alpha value is -2.61. The Balaban J connectivity index is 0.00000363. The van der Waals surface area contributed by atoms with Gasteiger partial charge in [-0.05, 0) is 69.2 Å². The van der Waals surface area contributed by atoms with Crippen LogP contribution in [0.1, 0.15) is 49.8 Å². The molecule has 7 nitrogen and oxygen atoms in total. The lowest BCUT2D eigenvalue weighted by Gasteiger charge is -2.15. The van der Waals surface area contributed by atoms with Crippen LogP contribution in [0.2, 0.25) is 0 Å². The summed E-state index contributed by atoms with van der Waals surface area (Å²) in [6.45, 7) is 1.55. The summed E-state index contributed by atoms with van der Waals surface area (Å²) < 4.78 is 14.7. The number of nitrogens with zero attached hydrogens (tertiary/aromatic N) is 4. The van der Waals surface area contributed by atoms with Crippen LogP contribution in [0.15, 0.2) is 40.9 Å². The lowest BCUT2D eigenvalue weighted by molar-refractivity contribution is 0.627. The molecule has 1 aliphatic carbocycles. The summed E-state index contributed by atoms with van der Waals surface area (Å²) >= 11 is 0. The van der Waals surface area contributed by atoms with Crippen molar-refractivity contribution in [3.8, 4) is 11.8 Å². The number of guanidine groups is 1. The smallest absolute Gasteiger partial charge is 0.190 e. The Morgan fingerprint density at radius 3 is 2.62 bits per heavy atom. The zero-order valence-corrected chi connectivity index (χ0v) is 20.7. The van der Waals surface area contributed by atoms with Gasteiger partial charge < -0.3 is 16.4 Å². The lowest BCUT2D eigenvalue weighted by Crippen LogP contribution is -2.38. The van der Waals surface area contributed by atoms with Crippen LogP contribution in [-0.4, -0.2) is 35.9 Å². The maximum atomic E-state index is 13.2. The molecule has 0 unspecified atom stereocenters. The van der Waals surface area contributed by atoms with Gasteiger partial charge in [0.1, 0.15) is 23.3 Å². The Morgan fingerprint density at radius 1 is 1.22 bits per heavy atom. The number of nitrogen functional groups attached to an aromatic ring is 1. The lowest BCUT2D eigenvalue weighted by atomic mass is 9.97. The highest BCUT2D eigenvalue weighted by Gasteiger charge is 2.16. The molecule has 0 fully saturated rings. The van der Waals surface area contributed by atoms with Crippen molar-refractivity contribution < 1.29 is 4.39 Å². The highest BCUT2D eigenvalue weighted by Crippen LogP contribution is 2.22. The number of nitrogens with one attached hydrogen (secondary N) is 2. The van der Waals surface area contributed by atoms with E-state index in [1.165, 1.54) is 48.1 Å². The normalized spacial score (nSPS) is 13.7. The first-order chi connectivity index (χ1) is 15.1. The van der Waals surface area contributed by atoms with Crippen LogP contribution in [0, 0.1) is 17.1 Å². The fraction of sp³-hybridized carbons (Fsp3) is 0.435. The van der Waals surface area contributed by atoms with Crippen LogP contribution in [0.3, 0.4) is 0 Å². The number of hydrogen-bond acceptors (Lipinski definition) is 4. The number of benzene rings is 1. The number of hydrogen-bond donors (Lipinski definition) is 3. The highest BCUT2D eigenvalue weighted by molar-refractivity contribution is 14.0. The average molecular weight is 551 g/mol. The molecular formula is C23H31FIN7. The van der Waals surface area contributed by atoms with Gasteiger partial charge in [-0.25, -0.2) is 9.07 Å².